The lowest BCUT2D eigenvalue weighted by atomic mass is 10.0. The molecule has 8 nitrogen and oxygen atoms in total. The Bertz CT molecular complexity index is 503. The van der Waals surface area contributed by atoms with Crippen molar-refractivity contribution in [3.8, 4) is 0 Å². The molecule has 1 amide bonds. The predicted octanol–water partition coefficient (Wildman–Crippen LogP) is 3.59. The number of hydrogen-bond acceptors (Lipinski definition) is 5. The standard InChI is InChI=1S/C18H30N4O4/c19-22-20-12-9-7-5-3-1-2-4-6-8-10-15(23)14-17(24)21-16-11-13-26-18(16)25/h16H,1-14H2,(H,21,24)/t16-/m0/s1. The molecule has 1 atom stereocenters. The van der Waals surface area contributed by atoms with E-state index in [1.807, 2.05) is 0 Å². The molecule has 0 aromatic rings. The monoisotopic (exact) mass is 366 g/mol. The first-order valence-electron chi connectivity index (χ1n) is 9.62. The highest BCUT2D eigenvalue weighted by atomic mass is 16.5. The molecule has 0 saturated carbocycles. The van der Waals surface area contributed by atoms with Gasteiger partial charge in [0.2, 0.25) is 5.91 Å². The molecule has 1 saturated heterocycles. The maximum absolute atomic E-state index is 11.8. The van der Waals surface area contributed by atoms with Crippen molar-refractivity contribution < 1.29 is 19.1 Å². The van der Waals surface area contributed by atoms with Gasteiger partial charge in [-0.05, 0) is 18.4 Å². The maximum Gasteiger partial charge on any atom is 0.328 e. The molecule has 0 bridgehead atoms. The number of rotatable bonds is 15. The Morgan fingerprint density at radius 2 is 1.69 bits per heavy atom. The van der Waals surface area contributed by atoms with Crippen LogP contribution in [0.2, 0.25) is 0 Å². The van der Waals surface area contributed by atoms with E-state index in [1.54, 1.807) is 0 Å². The number of unbranched alkanes of at least 4 members (excludes halogenated alkanes) is 8. The fraction of sp³-hybridized carbons (Fsp3) is 0.833. The van der Waals surface area contributed by atoms with Crippen LogP contribution in [0.3, 0.4) is 0 Å². The van der Waals surface area contributed by atoms with Crippen molar-refractivity contribution in [2.45, 2.75) is 83.1 Å². The Labute approximate surface area is 154 Å². The van der Waals surface area contributed by atoms with Gasteiger partial charge in [-0.25, -0.2) is 4.79 Å². The lowest BCUT2D eigenvalue weighted by molar-refractivity contribution is -0.142. The summed E-state index contributed by atoms with van der Waals surface area (Å²) in [5.74, 6) is -0.880. The van der Waals surface area contributed by atoms with Crippen molar-refractivity contribution in [1.29, 1.82) is 0 Å². The van der Waals surface area contributed by atoms with Crippen molar-refractivity contribution in [2.24, 2.45) is 5.11 Å². The summed E-state index contributed by atoms with van der Waals surface area (Å²) >= 11 is 0. The van der Waals surface area contributed by atoms with Crippen LogP contribution < -0.4 is 5.32 Å². The third-order valence-corrected chi connectivity index (χ3v) is 4.41. The van der Waals surface area contributed by atoms with Gasteiger partial charge in [-0.15, -0.1) is 0 Å². The third-order valence-electron chi connectivity index (χ3n) is 4.41. The van der Waals surface area contributed by atoms with Crippen LogP contribution in [-0.2, 0) is 19.1 Å². The normalized spacial score (nSPS) is 16.0. The molecule has 1 aliphatic heterocycles. The number of nitrogens with one attached hydrogen (secondary N) is 1. The van der Waals surface area contributed by atoms with Gasteiger partial charge in [0.15, 0.2) is 0 Å². The molecule has 0 aliphatic carbocycles. The molecule has 1 heterocycles. The molecule has 1 aliphatic rings. The van der Waals surface area contributed by atoms with Gasteiger partial charge in [-0.1, -0.05) is 50.1 Å². The molecule has 0 aromatic carbocycles. The van der Waals surface area contributed by atoms with Gasteiger partial charge in [0.1, 0.15) is 11.8 Å². The number of nitrogens with zero attached hydrogens (tertiary/aromatic N) is 3. The number of Topliss-reactive ketones (excluding diaryl/α,β-unsaturated/α-hetero) is 1. The topological polar surface area (TPSA) is 121 Å². The van der Waals surface area contributed by atoms with E-state index < -0.39 is 12.0 Å². The summed E-state index contributed by atoms with van der Waals surface area (Å²) in [6.07, 6.45) is 10.4. The predicted molar refractivity (Wildman–Crippen MR) is 97.3 cm³/mol. The summed E-state index contributed by atoms with van der Waals surface area (Å²) in [6, 6.07) is -0.589. The van der Waals surface area contributed by atoms with Crippen molar-refractivity contribution in [2.75, 3.05) is 13.2 Å². The Balaban J connectivity index is 1.89. The van der Waals surface area contributed by atoms with Crippen molar-refractivity contribution >= 4 is 17.7 Å². The van der Waals surface area contributed by atoms with Gasteiger partial charge in [0.25, 0.3) is 0 Å². The lowest BCUT2D eigenvalue weighted by Crippen LogP contribution is -2.38. The largest absolute Gasteiger partial charge is 0.464 e. The first-order valence-corrected chi connectivity index (χ1v) is 9.62. The number of esters is 1. The molecular weight excluding hydrogens is 336 g/mol. The zero-order valence-electron chi connectivity index (χ0n) is 15.5. The minimum atomic E-state index is -0.589. The van der Waals surface area contributed by atoms with Crippen molar-refractivity contribution in [3.63, 3.8) is 0 Å². The van der Waals surface area contributed by atoms with Crippen LogP contribution in [0.4, 0.5) is 0 Å². The van der Waals surface area contributed by atoms with Crippen molar-refractivity contribution in [3.05, 3.63) is 10.4 Å². The second-order valence-corrected chi connectivity index (χ2v) is 6.68. The number of ketones is 1. The van der Waals surface area contributed by atoms with E-state index in [2.05, 4.69) is 15.3 Å². The van der Waals surface area contributed by atoms with Crippen LogP contribution in [-0.4, -0.2) is 36.9 Å². The molecule has 1 rings (SSSR count). The first-order chi connectivity index (χ1) is 12.6. The smallest absolute Gasteiger partial charge is 0.328 e. The molecule has 0 spiro atoms. The van der Waals surface area contributed by atoms with Gasteiger partial charge >= 0.3 is 5.97 Å². The average Bonchev–Trinajstić information content (AvgIpc) is 3.00. The number of amides is 1. The highest BCUT2D eigenvalue weighted by molar-refractivity contribution is 5.99. The zero-order chi connectivity index (χ0) is 19.0. The molecule has 0 radical (unpaired) electrons. The van der Waals surface area contributed by atoms with Crippen LogP contribution in [0.1, 0.15) is 77.0 Å². The number of cyclic esters (lactones) is 1. The number of carbonyl (C=O) groups excluding carboxylic acids is 3. The maximum atomic E-state index is 11.8. The summed E-state index contributed by atoms with van der Waals surface area (Å²) in [5, 5.41) is 6.06. The highest BCUT2D eigenvalue weighted by Crippen LogP contribution is 2.11. The van der Waals surface area contributed by atoms with E-state index in [0.717, 1.165) is 38.5 Å². The molecular formula is C18H30N4O4. The summed E-state index contributed by atoms with van der Waals surface area (Å²) in [7, 11) is 0. The number of hydrogen-bond donors (Lipinski definition) is 1. The molecule has 0 aromatic heterocycles. The molecule has 1 N–H and O–H groups in total. The van der Waals surface area contributed by atoms with Crippen LogP contribution in [0.5, 0.6) is 0 Å². The Morgan fingerprint density at radius 3 is 2.27 bits per heavy atom. The van der Waals surface area contributed by atoms with Crippen LogP contribution in [0, 0.1) is 0 Å². The zero-order valence-corrected chi connectivity index (χ0v) is 15.5. The second kappa shape index (κ2) is 14.1. The Hall–Kier alpha value is -2.08. The summed E-state index contributed by atoms with van der Waals surface area (Å²) in [6.45, 7) is 0.917. The minimum absolute atomic E-state index is 0.0751. The van der Waals surface area contributed by atoms with E-state index in [1.165, 1.54) is 19.3 Å². The van der Waals surface area contributed by atoms with E-state index in [4.69, 9.17) is 10.3 Å². The highest BCUT2D eigenvalue weighted by Gasteiger charge is 2.28. The Kier molecular flexibility index (Phi) is 11.9. The fourth-order valence-electron chi connectivity index (χ4n) is 2.93. The molecule has 0 unspecified atom stereocenters. The molecule has 1 fully saturated rings. The minimum Gasteiger partial charge on any atom is -0.464 e. The van der Waals surface area contributed by atoms with Gasteiger partial charge < -0.3 is 10.1 Å². The van der Waals surface area contributed by atoms with Gasteiger partial charge in [-0.3, -0.25) is 9.59 Å². The van der Waals surface area contributed by atoms with Gasteiger partial charge in [0.05, 0.1) is 13.0 Å². The van der Waals surface area contributed by atoms with E-state index >= 15 is 0 Å². The summed E-state index contributed by atoms with van der Waals surface area (Å²) in [5.41, 5.74) is 8.15. The number of ether oxygens (including phenoxy) is 1. The molecule has 8 heteroatoms. The fourth-order valence-corrected chi connectivity index (χ4v) is 2.93. The van der Waals surface area contributed by atoms with Gasteiger partial charge in [-0.2, -0.15) is 0 Å². The van der Waals surface area contributed by atoms with Crippen LogP contribution in [0.15, 0.2) is 5.11 Å². The summed E-state index contributed by atoms with van der Waals surface area (Å²) < 4.78 is 4.76. The quantitative estimate of drug-likeness (QED) is 0.119. The SMILES string of the molecule is [N-]=[N+]=NCCCCCCCCCCCC(=O)CC(=O)N[C@H]1CCOC1=O. The van der Waals surface area contributed by atoms with Crippen molar-refractivity contribution in [1.82, 2.24) is 5.32 Å². The van der Waals surface area contributed by atoms with Crippen LogP contribution >= 0.6 is 0 Å². The lowest BCUT2D eigenvalue weighted by Gasteiger charge is -2.08. The third kappa shape index (κ3) is 10.7. The van der Waals surface area contributed by atoms with E-state index in [9.17, 15) is 14.4 Å². The molecule has 146 valence electrons. The van der Waals surface area contributed by atoms with E-state index in [-0.39, 0.29) is 18.1 Å². The summed E-state index contributed by atoms with van der Waals surface area (Å²) in [4.78, 5) is 37.5. The van der Waals surface area contributed by atoms with E-state index in [0.29, 0.717) is 26.0 Å². The number of azide groups is 1. The van der Waals surface area contributed by atoms with Crippen LogP contribution in [0.25, 0.3) is 10.4 Å². The molecule has 26 heavy (non-hydrogen) atoms. The average molecular weight is 366 g/mol. The number of carbonyl (C=O) groups is 3. The second-order valence-electron chi connectivity index (χ2n) is 6.68. The first kappa shape index (κ1) is 22.0. The van der Waals surface area contributed by atoms with Gasteiger partial charge in [0, 0.05) is 24.3 Å². The Morgan fingerprint density at radius 1 is 1.08 bits per heavy atom.